The molecule has 0 radical (unpaired) electrons. The van der Waals surface area contributed by atoms with Crippen LogP contribution in [0.25, 0.3) is 0 Å². The summed E-state index contributed by atoms with van der Waals surface area (Å²) in [6, 6.07) is 5.65. The van der Waals surface area contributed by atoms with Crippen molar-refractivity contribution in [1.29, 1.82) is 5.26 Å². The third kappa shape index (κ3) is 4.13. The maximum atomic E-state index is 13.2. The molecule has 2 heterocycles. The number of aromatic nitrogens is 1. The van der Waals surface area contributed by atoms with Crippen molar-refractivity contribution in [3.05, 3.63) is 23.9 Å². The van der Waals surface area contributed by atoms with E-state index in [0.717, 1.165) is 25.7 Å². The smallest absolute Gasteiger partial charge is 0.309 e. The molecule has 4 rings (SSSR count). The van der Waals surface area contributed by atoms with Crippen molar-refractivity contribution in [2.45, 2.75) is 52.5 Å². The van der Waals surface area contributed by atoms with Crippen LogP contribution < -0.4 is 4.74 Å². The van der Waals surface area contributed by atoms with Gasteiger partial charge in [-0.3, -0.25) is 9.59 Å². The van der Waals surface area contributed by atoms with Gasteiger partial charge in [0.25, 0.3) is 0 Å². The van der Waals surface area contributed by atoms with Crippen molar-refractivity contribution in [2.75, 3.05) is 19.8 Å². The van der Waals surface area contributed by atoms with Gasteiger partial charge in [0.05, 0.1) is 30.1 Å². The Kier molecular flexibility index (Phi) is 5.92. The summed E-state index contributed by atoms with van der Waals surface area (Å²) in [4.78, 5) is 31.6. The van der Waals surface area contributed by atoms with Gasteiger partial charge in [0.2, 0.25) is 11.8 Å². The molecule has 7 nitrogen and oxygen atoms in total. The van der Waals surface area contributed by atoms with E-state index in [4.69, 9.17) is 14.7 Å². The first-order valence-electron chi connectivity index (χ1n) is 11.3. The highest BCUT2D eigenvalue weighted by Crippen LogP contribution is 2.55. The topological polar surface area (TPSA) is 92.5 Å². The second-order valence-corrected chi connectivity index (χ2v) is 9.60. The van der Waals surface area contributed by atoms with Gasteiger partial charge in [0, 0.05) is 30.8 Å². The van der Waals surface area contributed by atoms with E-state index in [2.05, 4.69) is 9.88 Å². The zero-order chi connectivity index (χ0) is 22.2. The van der Waals surface area contributed by atoms with Crippen LogP contribution in [0.3, 0.4) is 0 Å². The first kappa shape index (κ1) is 21.6. The highest BCUT2D eigenvalue weighted by Gasteiger charge is 2.57. The van der Waals surface area contributed by atoms with Crippen molar-refractivity contribution < 1.29 is 19.1 Å². The summed E-state index contributed by atoms with van der Waals surface area (Å²) in [5.41, 5.74) is 0.00135. The molecule has 0 spiro atoms. The maximum absolute atomic E-state index is 13.2. The van der Waals surface area contributed by atoms with Crippen LogP contribution in [0.1, 0.15) is 52.0 Å². The largest absolute Gasteiger partial charge is 0.477 e. The molecule has 1 saturated heterocycles. The predicted octanol–water partition coefficient (Wildman–Crippen LogP) is 3.18. The number of nitrogens with zero attached hydrogens (tertiary/aromatic N) is 3. The van der Waals surface area contributed by atoms with Gasteiger partial charge in [0.1, 0.15) is 6.07 Å². The normalized spacial score (nSPS) is 31.4. The van der Waals surface area contributed by atoms with Crippen LogP contribution in [0.4, 0.5) is 0 Å². The highest BCUT2D eigenvalue weighted by atomic mass is 16.5. The zero-order valence-corrected chi connectivity index (χ0v) is 18.5. The number of carbonyl (C=O) groups excluding carboxylic acids is 2. The molecule has 2 aliphatic carbocycles. The van der Waals surface area contributed by atoms with Gasteiger partial charge in [-0.2, -0.15) is 5.26 Å². The van der Waals surface area contributed by atoms with Crippen LogP contribution in [0.5, 0.6) is 5.88 Å². The van der Waals surface area contributed by atoms with E-state index in [9.17, 15) is 9.59 Å². The lowest BCUT2D eigenvalue weighted by Gasteiger charge is -2.29. The van der Waals surface area contributed by atoms with Gasteiger partial charge in [0.15, 0.2) is 0 Å². The third-order valence-corrected chi connectivity index (χ3v) is 7.55. The fourth-order valence-electron chi connectivity index (χ4n) is 5.43. The Morgan fingerprint density at radius 3 is 2.55 bits per heavy atom. The Hall–Kier alpha value is -2.62. The van der Waals surface area contributed by atoms with Gasteiger partial charge in [-0.05, 0) is 50.5 Å². The van der Waals surface area contributed by atoms with Gasteiger partial charge in [-0.15, -0.1) is 0 Å². The Labute approximate surface area is 183 Å². The Morgan fingerprint density at radius 2 is 1.97 bits per heavy atom. The SMILES string of the molecule is CCOC(=O)C1[C@H]2CCC(N3CC(COc4ccc(C#N)cn4)C(C)(C)C3=O)CC[C@@H]12. The van der Waals surface area contributed by atoms with Crippen molar-refractivity contribution >= 4 is 11.9 Å². The summed E-state index contributed by atoms with van der Waals surface area (Å²) in [7, 11) is 0. The van der Waals surface area contributed by atoms with E-state index in [-0.39, 0.29) is 29.8 Å². The van der Waals surface area contributed by atoms with Crippen LogP contribution in [0.15, 0.2) is 18.3 Å². The first-order chi connectivity index (χ1) is 14.9. The van der Waals surface area contributed by atoms with Crippen molar-refractivity contribution in [3.8, 4) is 11.9 Å². The first-order valence-corrected chi connectivity index (χ1v) is 11.3. The molecule has 5 atom stereocenters. The minimum Gasteiger partial charge on any atom is -0.477 e. The fraction of sp³-hybridized carbons (Fsp3) is 0.667. The molecule has 0 aromatic carbocycles. The quantitative estimate of drug-likeness (QED) is 0.650. The number of amides is 1. The van der Waals surface area contributed by atoms with E-state index in [0.29, 0.717) is 43.0 Å². The summed E-state index contributed by atoms with van der Waals surface area (Å²) in [5.74, 6) is 1.63. The van der Waals surface area contributed by atoms with Crippen LogP contribution in [0, 0.1) is 40.4 Å². The van der Waals surface area contributed by atoms with E-state index >= 15 is 0 Å². The highest BCUT2D eigenvalue weighted by molar-refractivity contribution is 5.85. The molecule has 1 aromatic heterocycles. The third-order valence-electron chi connectivity index (χ3n) is 7.55. The molecule has 3 fully saturated rings. The number of fused-ring (bicyclic) bond motifs is 1. The monoisotopic (exact) mass is 425 g/mol. The van der Waals surface area contributed by atoms with E-state index in [1.165, 1.54) is 6.20 Å². The Morgan fingerprint density at radius 1 is 1.26 bits per heavy atom. The maximum Gasteiger partial charge on any atom is 0.309 e. The van der Waals surface area contributed by atoms with Crippen molar-refractivity contribution in [1.82, 2.24) is 9.88 Å². The average molecular weight is 426 g/mol. The van der Waals surface area contributed by atoms with E-state index in [1.54, 1.807) is 12.1 Å². The molecule has 0 bridgehead atoms. The number of likely N-dealkylation sites (tertiary alicyclic amines) is 1. The molecule has 1 amide bonds. The van der Waals surface area contributed by atoms with Gasteiger partial charge in [-0.25, -0.2) is 4.98 Å². The van der Waals surface area contributed by atoms with Crippen LogP contribution in [0.2, 0.25) is 0 Å². The number of hydrogen-bond acceptors (Lipinski definition) is 6. The Bertz CT molecular complexity index is 862. The minimum atomic E-state index is -0.491. The Balaban J connectivity index is 1.34. The number of carbonyl (C=O) groups is 2. The van der Waals surface area contributed by atoms with Crippen LogP contribution in [-0.2, 0) is 14.3 Å². The summed E-state index contributed by atoms with van der Waals surface area (Å²) < 4.78 is 11.1. The molecule has 1 aromatic rings. The molecule has 1 aliphatic heterocycles. The molecule has 7 heteroatoms. The average Bonchev–Trinajstić information content (AvgIpc) is 3.45. The molecular weight excluding hydrogens is 394 g/mol. The summed E-state index contributed by atoms with van der Waals surface area (Å²) >= 11 is 0. The molecule has 31 heavy (non-hydrogen) atoms. The van der Waals surface area contributed by atoms with Crippen LogP contribution >= 0.6 is 0 Å². The number of hydrogen-bond donors (Lipinski definition) is 0. The number of ether oxygens (including phenoxy) is 2. The lowest BCUT2D eigenvalue weighted by atomic mass is 9.82. The molecule has 166 valence electrons. The number of nitriles is 1. The lowest BCUT2D eigenvalue weighted by molar-refractivity contribution is -0.145. The number of esters is 1. The van der Waals surface area contributed by atoms with Crippen LogP contribution in [-0.4, -0.2) is 47.6 Å². The lowest BCUT2D eigenvalue weighted by Crippen LogP contribution is -2.39. The van der Waals surface area contributed by atoms with Gasteiger partial charge < -0.3 is 14.4 Å². The summed E-state index contributed by atoms with van der Waals surface area (Å²) in [6.45, 7) is 7.39. The zero-order valence-electron chi connectivity index (χ0n) is 18.5. The van der Waals surface area contributed by atoms with E-state index in [1.807, 2.05) is 26.8 Å². The molecule has 0 N–H and O–H groups in total. The van der Waals surface area contributed by atoms with Crippen molar-refractivity contribution in [2.24, 2.45) is 29.1 Å². The predicted molar refractivity (Wildman–Crippen MR) is 113 cm³/mol. The minimum absolute atomic E-state index is 0.0389. The molecular formula is C24H31N3O4. The summed E-state index contributed by atoms with van der Waals surface area (Å²) in [6.07, 6.45) is 5.36. The molecule has 3 unspecified atom stereocenters. The second-order valence-electron chi connectivity index (χ2n) is 9.60. The number of rotatable bonds is 6. The second kappa shape index (κ2) is 8.49. The fourth-order valence-corrected chi connectivity index (χ4v) is 5.43. The van der Waals surface area contributed by atoms with Crippen molar-refractivity contribution in [3.63, 3.8) is 0 Å². The standard InChI is InChI=1S/C24H31N3O4/c1-4-30-22(28)21-18-8-6-17(7-9-19(18)21)27-13-16(24(2,3)23(27)29)14-31-20-10-5-15(11-25)12-26-20/h5,10,12,16-19,21H,4,6-9,13-14H2,1-3H3/t16?,17?,18-,19+,21?. The molecule has 2 saturated carbocycles. The van der Waals surface area contributed by atoms with Gasteiger partial charge in [-0.1, -0.05) is 13.8 Å². The van der Waals surface area contributed by atoms with Gasteiger partial charge >= 0.3 is 5.97 Å². The molecule has 3 aliphatic rings. The summed E-state index contributed by atoms with van der Waals surface area (Å²) in [5, 5.41) is 8.89. The number of pyridine rings is 1. The van der Waals surface area contributed by atoms with E-state index < -0.39 is 5.41 Å².